The van der Waals surface area contributed by atoms with Gasteiger partial charge in [-0.05, 0) is 53.4 Å². The average Bonchev–Trinajstić information content (AvgIpc) is 2.66. The number of carbonyl (C=O) groups excluding carboxylic acids is 3. The van der Waals surface area contributed by atoms with Crippen molar-refractivity contribution in [1.82, 2.24) is 10.6 Å². The van der Waals surface area contributed by atoms with E-state index in [1.54, 1.807) is 27.7 Å². The van der Waals surface area contributed by atoms with Crippen LogP contribution in [0.3, 0.4) is 0 Å². The molecule has 2 amide bonds. The molecule has 0 aromatic carbocycles. The fourth-order valence-electron chi connectivity index (χ4n) is 2.74. The van der Waals surface area contributed by atoms with E-state index >= 15 is 0 Å². The van der Waals surface area contributed by atoms with Crippen molar-refractivity contribution in [3.05, 3.63) is 11.3 Å². The van der Waals surface area contributed by atoms with Gasteiger partial charge in [0.1, 0.15) is 5.60 Å². The van der Waals surface area contributed by atoms with Crippen LogP contribution in [0, 0.1) is 0 Å². The number of hydrogen-bond acceptors (Lipinski definition) is 7. The summed E-state index contributed by atoms with van der Waals surface area (Å²) in [5, 5.41) is 5.43. The molecule has 0 radical (unpaired) electrons. The van der Waals surface area contributed by atoms with Crippen LogP contribution in [0.2, 0.25) is 0 Å². The highest BCUT2D eigenvalue weighted by Crippen LogP contribution is 2.24. The third-order valence-electron chi connectivity index (χ3n) is 4.04. The lowest BCUT2D eigenvalue weighted by Gasteiger charge is -2.20. The number of nitrogens with one attached hydrogen (secondary N) is 2. The number of ether oxygens (including phenoxy) is 4. The SMILES string of the molecule is CCOC(=O)C1=C(NC(=O)CCOCCOCCNC(=O)OC(C)(C)C)CCCC1. The van der Waals surface area contributed by atoms with Gasteiger partial charge in [0.05, 0.1) is 45.0 Å². The Bertz CT molecular complexity index is 597. The maximum absolute atomic E-state index is 12.1. The summed E-state index contributed by atoms with van der Waals surface area (Å²) in [6.07, 6.45) is 2.88. The zero-order valence-corrected chi connectivity index (χ0v) is 18.6. The molecule has 0 heterocycles. The van der Waals surface area contributed by atoms with Crippen LogP contribution in [0.4, 0.5) is 4.79 Å². The fraction of sp³-hybridized carbons (Fsp3) is 0.762. The highest BCUT2D eigenvalue weighted by Gasteiger charge is 2.21. The Morgan fingerprint density at radius 3 is 2.30 bits per heavy atom. The van der Waals surface area contributed by atoms with Crippen LogP contribution in [0.5, 0.6) is 0 Å². The van der Waals surface area contributed by atoms with Gasteiger partial charge in [-0.2, -0.15) is 0 Å². The van der Waals surface area contributed by atoms with E-state index in [0.717, 1.165) is 12.8 Å². The second-order valence-electron chi connectivity index (χ2n) is 7.84. The van der Waals surface area contributed by atoms with Gasteiger partial charge < -0.3 is 29.6 Å². The van der Waals surface area contributed by atoms with Gasteiger partial charge in [0.15, 0.2) is 0 Å². The zero-order valence-electron chi connectivity index (χ0n) is 18.6. The number of carbonyl (C=O) groups is 3. The number of esters is 1. The van der Waals surface area contributed by atoms with Crippen molar-refractivity contribution in [2.75, 3.05) is 39.6 Å². The Kier molecular flexibility index (Phi) is 12.1. The molecule has 1 aliphatic rings. The van der Waals surface area contributed by atoms with E-state index < -0.39 is 11.7 Å². The molecule has 9 heteroatoms. The third kappa shape index (κ3) is 11.8. The molecule has 2 N–H and O–H groups in total. The molecule has 9 nitrogen and oxygen atoms in total. The maximum Gasteiger partial charge on any atom is 0.407 e. The topological polar surface area (TPSA) is 112 Å². The van der Waals surface area contributed by atoms with E-state index in [4.69, 9.17) is 18.9 Å². The largest absolute Gasteiger partial charge is 0.463 e. The first-order chi connectivity index (χ1) is 14.2. The quantitative estimate of drug-likeness (QED) is 0.363. The molecule has 0 aliphatic heterocycles. The molecule has 30 heavy (non-hydrogen) atoms. The summed E-state index contributed by atoms with van der Waals surface area (Å²) in [7, 11) is 0. The van der Waals surface area contributed by atoms with Crippen molar-refractivity contribution in [3.63, 3.8) is 0 Å². The highest BCUT2D eigenvalue weighted by atomic mass is 16.6. The van der Waals surface area contributed by atoms with Gasteiger partial charge in [-0.15, -0.1) is 0 Å². The van der Waals surface area contributed by atoms with Gasteiger partial charge in [-0.1, -0.05) is 0 Å². The van der Waals surface area contributed by atoms with Crippen LogP contribution >= 0.6 is 0 Å². The van der Waals surface area contributed by atoms with Crippen molar-refractivity contribution < 1.29 is 33.3 Å². The fourth-order valence-corrected chi connectivity index (χ4v) is 2.74. The molecular formula is C21H36N2O7. The molecule has 0 aromatic rings. The second kappa shape index (κ2) is 14.0. The van der Waals surface area contributed by atoms with Gasteiger partial charge in [0.25, 0.3) is 0 Å². The molecule has 0 spiro atoms. The monoisotopic (exact) mass is 428 g/mol. The van der Waals surface area contributed by atoms with E-state index in [1.165, 1.54) is 0 Å². The lowest BCUT2D eigenvalue weighted by molar-refractivity contribution is -0.138. The van der Waals surface area contributed by atoms with Gasteiger partial charge in [-0.3, -0.25) is 4.79 Å². The second-order valence-corrected chi connectivity index (χ2v) is 7.84. The van der Waals surface area contributed by atoms with Crippen LogP contribution in [0.25, 0.3) is 0 Å². The molecule has 0 unspecified atom stereocenters. The Morgan fingerprint density at radius 2 is 1.63 bits per heavy atom. The molecule has 0 aromatic heterocycles. The minimum Gasteiger partial charge on any atom is -0.463 e. The van der Waals surface area contributed by atoms with Crippen molar-refractivity contribution in [2.24, 2.45) is 0 Å². The minimum absolute atomic E-state index is 0.184. The van der Waals surface area contributed by atoms with Crippen LogP contribution in [-0.2, 0) is 28.5 Å². The van der Waals surface area contributed by atoms with Crippen molar-refractivity contribution >= 4 is 18.0 Å². The normalized spacial score (nSPS) is 14.3. The number of rotatable bonds is 12. The molecule has 0 fully saturated rings. The first-order valence-electron chi connectivity index (χ1n) is 10.5. The molecule has 1 rings (SSSR count). The Morgan fingerprint density at radius 1 is 0.967 bits per heavy atom. The summed E-state index contributed by atoms with van der Waals surface area (Å²) in [6, 6.07) is 0. The molecule has 0 atom stereocenters. The summed E-state index contributed by atoms with van der Waals surface area (Å²) in [5.74, 6) is -0.529. The van der Waals surface area contributed by atoms with Gasteiger partial charge >= 0.3 is 12.1 Å². The predicted octanol–water partition coefficient (Wildman–Crippen LogP) is 2.44. The smallest absolute Gasteiger partial charge is 0.407 e. The van der Waals surface area contributed by atoms with Gasteiger partial charge in [0, 0.05) is 12.2 Å². The van der Waals surface area contributed by atoms with Crippen LogP contribution in [0.15, 0.2) is 11.3 Å². The summed E-state index contributed by atoms with van der Waals surface area (Å²) >= 11 is 0. The van der Waals surface area contributed by atoms with Crippen molar-refractivity contribution in [2.45, 2.75) is 65.4 Å². The summed E-state index contributed by atoms with van der Waals surface area (Å²) in [5.41, 5.74) is 0.718. The summed E-state index contributed by atoms with van der Waals surface area (Å²) in [4.78, 5) is 35.6. The first-order valence-corrected chi connectivity index (χ1v) is 10.5. The van der Waals surface area contributed by atoms with E-state index in [-0.39, 0.29) is 24.9 Å². The average molecular weight is 429 g/mol. The number of allylic oxidation sites excluding steroid dienone is 1. The molecule has 172 valence electrons. The third-order valence-corrected chi connectivity index (χ3v) is 4.04. The number of alkyl carbamates (subject to hydrolysis) is 1. The maximum atomic E-state index is 12.1. The summed E-state index contributed by atoms with van der Waals surface area (Å²) < 4.78 is 20.9. The number of amides is 2. The van der Waals surface area contributed by atoms with Crippen molar-refractivity contribution in [3.8, 4) is 0 Å². The van der Waals surface area contributed by atoms with Crippen LogP contribution in [-0.4, -0.2) is 63.1 Å². The van der Waals surface area contributed by atoms with E-state index in [9.17, 15) is 14.4 Å². The molecule has 1 aliphatic carbocycles. The molecule has 0 saturated carbocycles. The molecular weight excluding hydrogens is 392 g/mol. The van der Waals surface area contributed by atoms with Crippen molar-refractivity contribution in [1.29, 1.82) is 0 Å². The van der Waals surface area contributed by atoms with Crippen LogP contribution < -0.4 is 10.6 Å². The molecule has 0 bridgehead atoms. The lowest BCUT2D eigenvalue weighted by Crippen LogP contribution is -2.34. The van der Waals surface area contributed by atoms with Gasteiger partial charge in [0.2, 0.25) is 5.91 Å². The Labute approximate surface area is 178 Å². The van der Waals surface area contributed by atoms with E-state index in [0.29, 0.717) is 57.1 Å². The minimum atomic E-state index is -0.529. The first kappa shape index (κ1) is 25.9. The van der Waals surface area contributed by atoms with E-state index in [2.05, 4.69) is 10.6 Å². The van der Waals surface area contributed by atoms with E-state index in [1.807, 2.05) is 0 Å². The zero-order chi connectivity index (χ0) is 22.4. The Hall–Kier alpha value is -2.13. The summed E-state index contributed by atoms with van der Waals surface area (Å²) in [6.45, 7) is 9.11. The lowest BCUT2D eigenvalue weighted by atomic mass is 9.96. The van der Waals surface area contributed by atoms with Crippen LogP contribution in [0.1, 0.15) is 59.8 Å². The highest BCUT2D eigenvalue weighted by molar-refractivity contribution is 5.91. The van der Waals surface area contributed by atoms with Gasteiger partial charge in [-0.25, -0.2) is 9.59 Å². The number of hydrogen-bond donors (Lipinski definition) is 2. The standard InChI is InChI=1S/C21H36N2O7/c1-5-29-19(25)16-8-6-7-9-17(16)23-18(24)10-12-27-14-15-28-13-11-22-20(26)30-21(2,3)4/h5-15H2,1-4H3,(H,22,26)(H,23,24). The predicted molar refractivity (Wildman–Crippen MR) is 111 cm³/mol. The Balaban J connectivity index is 2.12. The molecule has 0 saturated heterocycles.